The molecule has 1 aliphatic rings. The zero-order chi connectivity index (χ0) is 17.9. The fourth-order valence-electron chi connectivity index (χ4n) is 3.41. The lowest BCUT2D eigenvalue weighted by Crippen LogP contribution is -2.42. The summed E-state index contributed by atoms with van der Waals surface area (Å²) in [6.45, 7) is 1.20. The molecule has 1 amide bonds. The molecule has 3 heterocycles. The number of amides is 1. The van der Waals surface area contributed by atoms with E-state index in [-0.39, 0.29) is 24.5 Å². The van der Waals surface area contributed by atoms with E-state index >= 15 is 0 Å². The Bertz CT molecular complexity index is 913. The van der Waals surface area contributed by atoms with Crippen LogP contribution in [0.5, 0.6) is 0 Å². The molecular weight excluding hydrogens is 330 g/mol. The van der Waals surface area contributed by atoms with E-state index in [2.05, 4.69) is 20.3 Å². The van der Waals surface area contributed by atoms with E-state index in [0.717, 1.165) is 16.6 Å². The smallest absolute Gasteiger partial charge is 0.270 e. The number of benzene rings is 1. The average Bonchev–Trinajstić information content (AvgIpc) is 3.11. The minimum atomic E-state index is -0.227. The number of carbonyl (C=O) groups excluding carboxylic acids is 1. The largest absolute Gasteiger partial charge is 0.396 e. The number of pyridine rings is 1. The fraction of sp³-hybridized carbons (Fsp3) is 0.263. The first-order valence-corrected chi connectivity index (χ1v) is 8.52. The van der Waals surface area contributed by atoms with E-state index in [1.165, 1.54) is 6.33 Å². The van der Waals surface area contributed by atoms with Crippen molar-refractivity contribution in [2.45, 2.75) is 6.04 Å². The first-order chi connectivity index (χ1) is 12.8. The van der Waals surface area contributed by atoms with Crippen LogP contribution in [0, 0.1) is 5.92 Å². The van der Waals surface area contributed by atoms with Crippen molar-refractivity contribution in [3.05, 3.63) is 60.8 Å². The molecule has 7 nitrogen and oxygen atoms in total. The van der Waals surface area contributed by atoms with Crippen molar-refractivity contribution in [2.24, 2.45) is 5.92 Å². The van der Waals surface area contributed by atoms with E-state index in [1.54, 1.807) is 12.4 Å². The van der Waals surface area contributed by atoms with Gasteiger partial charge in [-0.2, -0.15) is 0 Å². The molecule has 132 valence electrons. The second kappa shape index (κ2) is 7.05. The highest BCUT2D eigenvalue weighted by molar-refractivity contribution is 6.05. The van der Waals surface area contributed by atoms with E-state index in [1.807, 2.05) is 41.3 Å². The summed E-state index contributed by atoms with van der Waals surface area (Å²) in [5.41, 5.74) is 0.403. The Hall–Kier alpha value is -3.06. The van der Waals surface area contributed by atoms with Crippen LogP contribution in [0.3, 0.4) is 0 Å². The summed E-state index contributed by atoms with van der Waals surface area (Å²) in [5.74, 6) is 0.497. The van der Waals surface area contributed by atoms with Gasteiger partial charge >= 0.3 is 0 Å². The highest BCUT2D eigenvalue weighted by atomic mass is 16.3. The zero-order valence-electron chi connectivity index (χ0n) is 14.1. The van der Waals surface area contributed by atoms with Crippen LogP contribution in [0.15, 0.2) is 55.1 Å². The predicted octanol–water partition coefficient (Wildman–Crippen LogP) is 1.25. The van der Waals surface area contributed by atoms with Gasteiger partial charge in [-0.3, -0.25) is 9.78 Å². The van der Waals surface area contributed by atoms with Crippen molar-refractivity contribution in [2.75, 3.05) is 24.6 Å². The number of aliphatic hydroxyl groups is 1. The standard InChI is InChI=1S/C19H19N5O2/c25-11-14-9-24(17-6-7-20-12-22-17)10-16(14)23-19(26)18-15-4-2-1-3-13(15)5-8-21-18/h1-8,12,14,16,25H,9-11H2,(H,23,26)/t14-,16+/m0/s1. The van der Waals surface area contributed by atoms with Crippen LogP contribution in [-0.4, -0.2) is 51.7 Å². The monoisotopic (exact) mass is 349 g/mol. The Morgan fingerprint density at radius 1 is 1.15 bits per heavy atom. The molecular formula is C19H19N5O2. The molecule has 0 bridgehead atoms. The molecule has 1 saturated heterocycles. The average molecular weight is 349 g/mol. The van der Waals surface area contributed by atoms with Crippen molar-refractivity contribution < 1.29 is 9.90 Å². The number of rotatable bonds is 4. The number of aromatic nitrogens is 3. The van der Waals surface area contributed by atoms with Crippen LogP contribution in [0.1, 0.15) is 10.5 Å². The molecule has 1 fully saturated rings. The van der Waals surface area contributed by atoms with Gasteiger partial charge in [-0.15, -0.1) is 0 Å². The molecule has 26 heavy (non-hydrogen) atoms. The van der Waals surface area contributed by atoms with Crippen molar-refractivity contribution in [3.63, 3.8) is 0 Å². The molecule has 0 saturated carbocycles. The van der Waals surface area contributed by atoms with Gasteiger partial charge in [0.2, 0.25) is 0 Å². The summed E-state index contributed by atoms with van der Waals surface area (Å²) in [5, 5.41) is 14.6. The van der Waals surface area contributed by atoms with Crippen LogP contribution in [0.2, 0.25) is 0 Å². The molecule has 1 aliphatic heterocycles. The number of nitrogens with one attached hydrogen (secondary N) is 1. The maximum atomic E-state index is 12.8. The van der Waals surface area contributed by atoms with E-state index in [4.69, 9.17) is 0 Å². The quantitative estimate of drug-likeness (QED) is 0.737. The first-order valence-electron chi connectivity index (χ1n) is 8.52. The number of nitrogens with zero attached hydrogens (tertiary/aromatic N) is 4. The number of hydrogen-bond acceptors (Lipinski definition) is 6. The van der Waals surface area contributed by atoms with Crippen LogP contribution in [-0.2, 0) is 0 Å². The Labute approximate surface area is 150 Å². The molecule has 0 spiro atoms. The molecule has 1 aromatic carbocycles. The van der Waals surface area contributed by atoms with E-state index in [9.17, 15) is 9.90 Å². The maximum absolute atomic E-state index is 12.8. The lowest BCUT2D eigenvalue weighted by atomic mass is 10.0. The molecule has 2 atom stereocenters. The third-order valence-electron chi connectivity index (χ3n) is 4.77. The first kappa shape index (κ1) is 16.4. The van der Waals surface area contributed by atoms with Gasteiger partial charge < -0.3 is 15.3 Å². The fourth-order valence-corrected chi connectivity index (χ4v) is 3.41. The summed E-state index contributed by atoms with van der Waals surface area (Å²) >= 11 is 0. The molecule has 7 heteroatoms. The third kappa shape index (κ3) is 3.09. The van der Waals surface area contributed by atoms with E-state index < -0.39 is 0 Å². The molecule has 4 rings (SSSR count). The summed E-state index contributed by atoms with van der Waals surface area (Å²) < 4.78 is 0. The van der Waals surface area contributed by atoms with Crippen LogP contribution in [0.4, 0.5) is 5.82 Å². The van der Waals surface area contributed by atoms with Crippen molar-refractivity contribution in [1.82, 2.24) is 20.3 Å². The minimum absolute atomic E-state index is 0.00447. The molecule has 0 unspecified atom stereocenters. The topological polar surface area (TPSA) is 91.2 Å². The van der Waals surface area contributed by atoms with Gasteiger partial charge in [0.05, 0.1) is 6.04 Å². The van der Waals surface area contributed by atoms with Gasteiger partial charge in [0.1, 0.15) is 17.8 Å². The van der Waals surface area contributed by atoms with Gasteiger partial charge in [0, 0.05) is 43.4 Å². The number of aliphatic hydroxyl groups excluding tert-OH is 1. The van der Waals surface area contributed by atoms with Gasteiger partial charge in [-0.05, 0) is 17.5 Å². The van der Waals surface area contributed by atoms with E-state index in [0.29, 0.717) is 18.8 Å². The minimum Gasteiger partial charge on any atom is -0.396 e. The highest BCUT2D eigenvalue weighted by Crippen LogP contribution is 2.23. The van der Waals surface area contributed by atoms with Gasteiger partial charge in [0.15, 0.2) is 0 Å². The second-order valence-corrected chi connectivity index (χ2v) is 6.38. The molecule has 0 radical (unpaired) electrons. The normalized spacial score (nSPS) is 19.7. The molecule has 0 aliphatic carbocycles. The highest BCUT2D eigenvalue weighted by Gasteiger charge is 2.34. The number of hydrogen-bond donors (Lipinski definition) is 2. The van der Waals surface area contributed by atoms with Gasteiger partial charge in [-0.1, -0.05) is 24.3 Å². The molecule has 2 aromatic heterocycles. The van der Waals surface area contributed by atoms with Crippen molar-refractivity contribution in [1.29, 1.82) is 0 Å². The lowest BCUT2D eigenvalue weighted by Gasteiger charge is -2.18. The van der Waals surface area contributed by atoms with Crippen LogP contribution < -0.4 is 10.2 Å². The van der Waals surface area contributed by atoms with Crippen LogP contribution >= 0.6 is 0 Å². The van der Waals surface area contributed by atoms with Gasteiger partial charge in [0.25, 0.3) is 5.91 Å². The Balaban J connectivity index is 1.55. The number of carbonyl (C=O) groups is 1. The maximum Gasteiger partial charge on any atom is 0.270 e. The Morgan fingerprint density at radius 2 is 2.04 bits per heavy atom. The van der Waals surface area contributed by atoms with Crippen molar-refractivity contribution in [3.8, 4) is 0 Å². The Kier molecular flexibility index (Phi) is 4.45. The summed E-state index contributed by atoms with van der Waals surface area (Å²) in [6.07, 6.45) is 4.82. The lowest BCUT2D eigenvalue weighted by molar-refractivity contribution is 0.0918. The third-order valence-corrected chi connectivity index (χ3v) is 4.77. The SMILES string of the molecule is O=C(N[C@@H]1CN(c2ccncn2)C[C@H]1CO)c1nccc2ccccc12. The molecule has 2 N–H and O–H groups in total. The number of fused-ring (bicyclic) bond motifs is 1. The summed E-state index contributed by atoms with van der Waals surface area (Å²) in [4.78, 5) is 27.3. The van der Waals surface area contributed by atoms with Crippen molar-refractivity contribution >= 4 is 22.5 Å². The Morgan fingerprint density at radius 3 is 2.85 bits per heavy atom. The summed E-state index contributed by atoms with van der Waals surface area (Å²) in [6, 6.07) is 11.2. The van der Waals surface area contributed by atoms with Crippen LogP contribution in [0.25, 0.3) is 10.8 Å². The summed E-state index contributed by atoms with van der Waals surface area (Å²) in [7, 11) is 0. The van der Waals surface area contributed by atoms with Gasteiger partial charge in [-0.25, -0.2) is 9.97 Å². The predicted molar refractivity (Wildman–Crippen MR) is 97.8 cm³/mol. The zero-order valence-corrected chi connectivity index (χ0v) is 14.1. The number of anilines is 1. The second-order valence-electron chi connectivity index (χ2n) is 6.38. The molecule has 3 aromatic rings.